The highest BCUT2D eigenvalue weighted by Crippen LogP contribution is 2.46. The average Bonchev–Trinajstić information content (AvgIpc) is 3.75. The monoisotopic (exact) mass is 644 g/mol. The fourth-order valence-corrected chi connectivity index (χ4v) is 8.47. The summed E-state index contributed by atoms with van der Waals surface area (Å²) >= 11 is 1.82. The van der Waals surface area contributed by atoms with E-state index in [9.17, 15) is 0 Å². The van der Waals surface area contributed by atoms with Gasteiger partial charge in [-0.05, 0) is 63.9 Å². The molecule has 0 saturated heterocycles. The Morgan fingerprint density at radius 1 is 0.469 bits per heavy atom. The highest BCUT2D eigenvalue weighted by molar-refractivity contribution is 7.27. The Hall–Kier alpha value is -6.23. The van der Waals surface area contributed by atoms with Crippen molar-refractivity contribution in [2.24, 2.45) is 0 Å². The van der Waals surface area contributed by atoms with Crippen LogP contribution < -0.4 is 4.90 Å². The van der Waals surface area contributed by atoms with Crippen LogP contribution >= 0.6 is 11.3 Å². The number of hydrogen-bond donors (Lipinski definition) is 0. The second-order valence-electron chi connectivity index (χ2n) is 12.3. The summed E-state index contributed by atoms with van der Waals surface area (Å²) in [5.41, 5.74) is 10.7. The standard InChI is InChI=1S/C45H28N2OS/c1-2-9-29(10-3-1)30-17-22-33(23-18-30)47(40-27-28-46-42-39-26-21-31-11-4-5-12-36(31)44(39)49-45(40)42)34-24-19-32(20-25-34)35-14-8-15-38-37-13-6-7-16-41(37)48-43(35)38/h1-28H. The van der Waals surface area contributed by atoms with Gasteiger partial charge in [-0.15, -0.1) is 11.3 Å². The van der Waals surface area contributed by atoms with Crippen LogP contribution in [0.4, 0.5) is 17.1 Å². The van der Waals surface area contributed by atoms with Crippen LogP contribution in [0, 0.1) is 0 Å². The van der Waals surface area contributed by atoms with E-state index in [-0.39, 0.29) is 0 Å². The molecule has 0 bridgehead atoms. The maximum absolute atomic E-state index is 6.39. The lowest BCUT2D eigenvalue weighted by Crippen LogP contribution is -2.10. The number of furan rings is 1. The van der Waals surface area contributed by atoms with E-state index in [4.69, 9.17) is 9.40 Å². The molecule has 3 aromatic heterocycles. The van der Waals surface area contributed by atoms with Crippen molar-refractivity contribution in [1.82, 2.24) is 4.98 Å². The number of benzene rings is 7. The second kappa shape index (κ2) is 11.2. The fourth-order valence-electron chi connectivity index (χ4n) is 7.17. The highest BCUT2D eigenvalue weighted by atomic mass is 32.1. The van der Waals surface area contributed by atoms with Gasteiger partial charge in [-0.25, -0.2) is 0 Å². The van der Waals surface area contributed by atoms with Crippen LogP contribution in [0.1, 0.15) is 0 Å². The van der Waals surface area contributed by atoms with Gasteiger partial charge in [-0.3, -0.25) is 4.98 Å². The molecular weight excluding hydrogens is 617 g/mol. The van der Waals surface area contributed by atoms with Crippen LogP contribution in [-0.2, 0) is 0 Å². The van der Waals surface area contributed by atoms with Gasteiger partial charge in [-0.2, -0.15) is 0 Å². The zero-order chi connectivity index (χ0) is 32.3. The topological polar surface area (TPSA) is 29.3 Å². The predicted molar refractivity (Wildman–Crippen MR) is 207 cm³/mol. The molecule has 10 rings (SSSR count). The molecule has 0 saturated carbocycles. The third kappa shape index (κ3) is 4.53. The number of anilines is 3. The number of rotatable bonds is 5. The zero-order valence-corrected chi connectivity index (χ0v) is 27.2. The number of para-hydroxylation sites is 2. The molecule has 3 nitrogen and oxygen atoms in total. The lowest BCUT2D eigenvalue weighted by Gasteiger charge is -2.26. The molecule has 230 valence electrons. The highest BCUT2D eigenvalue weighted by Gasteiger charge is 2.20. The number of aromatic nitrogens is 1. The molecule has 0 radical (unpaired) electrons. The lowest BCUT2D eigenvalue weighted by atomic mass is 10.0. The molecular formula is C45H28N2OS. The summed E-state index contributed by atoms with van der Waals surface area (Å²) in [5.74, 6) is 0. The van der Waals surface area contributed by atoms with Gasteiger partial charge < -0.3 is 9.32 Å². The summed E-state index contributed by atoms with van der Waals surface area (Å²) in [6.45, 7) is 0. The normalized spacial score (nSPS) is 11.7. The van der Waals surface area contributed by atoms with E-state index in [2.05, 4.69) is 157 Å². The summed E-state index contributed by atoms with van der Waals surface area (Å²) in [6.07, 6.45) is 1.95. The van der Waals surface area contributed by atoms with Crippen molar-refractivity contribution in [2.45, 2.75) is 0 Å². The first kappa shape index (κ1) is 27.8. The van der Waals surface area contributed by atoms with Crippen molar-refractivity contribution in [3.05, 3.63) is 170 Å². The second-order valence-corrected chi connectivity index (χ2v) is 13.4. The SMILES string of the molecule is c1ccc(-c2ccc(N(c3ccc(-c4cccc5c4oc4ccccc45)cc3)c3ccnc4c3sc3c5ccccc5ccc43)cc2)cc1. The van der Waals surface area contributed by atoms with Gasteiger partial charge in [0.1, 0.15) is 11.2 Å². The van der Waals surface area contributed by atoms with E-state index in [1.807, 2.05) is 29.7 Å². The summed E-state index contributed by atoms with van der Waals surface area (Å²) in [6, 6.07) is 58.1. The molecule has 4 heteroatoms. The summed E-state index contributed by atoms with van der Waals surface area (Å²) in [7, 11) is 0. The van der Waals surface area contributed by atoms with E-state index >= 15 is 0 Å². The Balaban J connectivity index is 1.15. The Bertz CT molecular complexity index is 2810. The maximum atomic E-state index is 6.39. The Labute approximate surface area is 286 Å². The van der Waals surface area contributed by atoms with E-state index in [1.54, 1.807) is 0 Å². The number of nitrogens with zero attached hydrogens (tertiary/aromatic N) is 2. The minimum absolute atomic E-state index is 0.907. The molecule has 0 spiro atoms. The van der Waals surface area contributed by atoms with Crippen LogP contribution in [0.25, 0.3) is 75.3 Å². The first-order chi connectivity index (χ1) is 24.3. The van der Waals surface area contributed by atoms with Gasteiger partial charge in [0.2, 0.25) is 0 Å². The van der Waals surface area contributed by atoms with Gasteiger partial charge in [0.05, 0.1) is 15.9 Å². The van der Waals surface area contributed by atoms with Gasteiger partial charge in [0.25, 0.3) is 0 Å². The molecule has 3 heterocycles. The third-order valence-corrected chi connectivity index (χ3v) is 10.8. The molecule has 0 aliphatic rings. The van der Waals surface area contributed by atoms with Crippen molar-refractivity contribution < 1.29 is 4.42 Å². The Kier molecular flexibility index (Phi) is 6.36. The number of thiophene rings is 1. The Morgan fingerprint density at radius 3 is 1.96 bits per heavy atom. The first-order valence-corrected chi connectivity index (χ1v) is 17.3. The molecule has 7 aromatic carbocycles. The van der Waals surface area contributed by atoms with E-state index in [1.165, 1.54) is 32.0 Å². The van der Waals surface area contributed by atoms with E-state index in [0.717, 1.165) is 60.3 Å². The van der Waals surface area contributed by atoms with Crippen LogP contribution in [-0.4, -0.2) is 4.98 Å². The average molecular weight is 645 g/mol. The van der Waals surface area contributed by atoms with Crippen LogP contribution in [0.15, 0.2) is 174 Å². The molecule has 0 amide bonds. The van der Waals surface area contributed by atoms with Crippen LogP contribution in [0.5, 0.6) is 0 Å². The quantitative estimate of drug-likeness (QED) is 0.187. The van der Waals surface area contributed by atoms with Crippen molar-refractivity contribution in [2.75, 3.05) is 4.90 Å². The molecule has 0 atom stereocenters. The molecule has 0 aliphatic carbocycles. The lowest BCUT2D eigenvalue weighted by molar-refractivity contribution is 0.670. The molecule has 0 N–H and O–H groups in total. The molecule has 0 unspecified atom stereocenters. The largest absolute Gasteiger partial charge is 0.455 e. The van der Waals surface area contributed by atoms with E-state index in [0.29, 0.717) is 0 Å². The molecule has 10 aromatic rings. The fraction of sp³-hybridized carbons (Fsp3) is 0. The van der Waals surface area contributed by atoms with Crippen molar-refractivity contribution in [1.29, 1.82) is 0 Å². The number of pyridine rings is 1. The van der Waals surface area contributed by atoms with Gasteiger partial charge in [-0.1, -0.05) is 127 Å². The van der Waals surface area contributed by atoms with Crippen LogP contribution in [0.2, 0.25) is 0 Å². The molecule has 0 fully saturated rings. The van der Waals surface area contributed by atoms with Gasteiger partial charge in [0.15, 0.2) is 0 Å². The first-order valence-electron chi connectivity index (χ1n) is 16.5. The minimum atomic E-state index is 0.907. The number of fused-ring (bicyclic) bond motifs is 8. The summed E-state index contributed by atoms with van der Waals surface area (Å²) < 4.78 is 8.82. The molecule has 0 aliphatic heterocycles. The van der Waals surface area contributed by atoms with Crippen molar-refractivity contribution in [3.63, 3.8) is 0 Å². The van der Waals surface area contributed by atoms with Gasteiger partial charge >= 0.3 is 0 Å². The summed E-state index contributed by atoms with van der Waals surface area (Å²) in [4.78, 5) is 7.30. The van der Waals surface area contributed by atoms with Gasteiger partial charge in [0, 0.05) is 44.0 Å². The van der Waals surface area contributed by atoms with Crippen LogP contribution in [0.3, 0.4) is 0 Å². The van der Waals surface area contributed by atoms with Crippen molar-refractivity contribution in [3.8, 4) is 22.3 Å². The molecule has 49 heavy (non-hydrogen) atoms. The predicted octanol–water partition coefficient (Wildman–Crippen LogP) is 13.3. The number of hydrogen-bond acceptors (Lipinski definition) is 4. The minimum Gasteiger partial charge on any atom is -0.455 e. The Morgan fingerprint density at radius 2 is 1.14 bits per heavy atom. The van der Waals surface area contributed by atoms with Crippen molar-refractivity contribution >= 4 is 81.4 Å². The summed E-state index contributed by atoms with van der Waals surface area (Å²) in [5, 5.41) is 5.96. The third-order valence-electron chi connectivity index (χ3n) is 9.54. The van der Waals surface area contributed by atoms with E-state index < -0.39 is 0 Å². The maximum Gasteiger partial charge on any atom is 0.143 e. The smallest absolute Gasteiger partial charge is 0.143 e. The zero-order valence-electron chi connectivity index (χ0n) is 26.4.